The van der Waals surface area contributed by atoms with Gasteiger partial charge in [0.15, 0.2) is 0 Å². The van der Waals surface area contributed by atoms with Gasteiger partial charge in [-0.15, -0.1) is 0 Å². The summed E-state index contributed by atoms with van der Waals surface area (Å²) in [6, 6.07) is 7.70. The standard InChI is InChI=1S/C17H18FN3O2S/c18-14-3-1-2-12(8-14)9-15(21-6-5-19-17(21)23)10-20-16(22)13-4-7-24-11-13/h1-4,7-8,11,15H,5-6,9-10H2,(H,19,23)(H,20,22)/t15-/m1/s1. The summed E-state index contributed by atoms with van der Waals surface area (Å²) in [6.45, 7) is 1.47. The summed E-state index contributed by atoms with van der Waals surface area (Å²) >= 11 is 1.46. The number of nitrogens with one attached hydrogen (secondary N) is 2. The van der Waals surface area contributed by atoms with E-state index in [2.05, 4.69) is 10.6 Å². The first-order valence-corrected chi connectivity index (χ1v) is 8.67. The summed E-state index contributed by atoms with van der Waals surface area (Å²) in [6.07, 6.45) is 0.481. The molecule has 2 heterocycles. The molecule has 1 aromatic carbocycles. The number of benzene rings is 1. The Hall–Kier alpha value is -2.41. The minimum Gasteiger partial charge on any atom is -0.350 e. The monoisotopic (exact) mass is 347 g/mol. The molecule has 1 aliphatic rings. The van der Waals surface area contributed by atoms with E-state index in [0.717, 1.165) is 5.56 Å². The first-order valence-electron chi connectivity index (χ1n) is 7.73. The fourth-order valence-electron chi connectivity index (χ4n) is 2.77. The Bertz CT molecular complexity index is 720. The fraction of sp³-hybridized carbons (Fsp3) is 0.294. The molecule has 0 radical (unpaired) electrons. The Morgan fingerprint density at radius 3 is 2.96 bits per heavy atom. The second-order valence-corrected chi connectivity index (χ2v) is 6.42. The van der Waals surface area contributed by atoms with Crippen molar-refractivity contribution in [1.29, 1.82) is 0 Å². The van der Waals surface area contributed by atoms with Gasteiger partial charge in [-0.25, -0.2) is 9.18 Å². The number of carbonyl (C=O) groups excluding carboxylic acids is 2. The van der Waals surface area contributed by atoms with Gasteiger partial charge in [-0.3, -0.25) is 4.79 Å². The van der Waals surface area contributed by atoms with Crippen LogP contribution in [-0.4, -0.2) is 42.5 Å². The molecule has 5 nitrogen and oxygen atoms in total. The van der Waals surface area contributed by atoms with Crippen molar-refractivity contribution in [1.82, 2.24) is 15.5 Å². The number of thiophene rings is 1. The van der Waals surface area contributed by atoms with Gasteiger partial charge in [0.25, 0.3) is 5.91 Å². The molecule has 1 fully saturated rings. The minimum atomic E-state index is -0.306. The van der Waals surface area contributed by atoms with Gasteiger partial charge in [-0.2, -0.15) is 11.3 Å². The van der Waals surface area contributed by atoms with E-state index >= 15 is 0 Å². The van der Waals surface area contributed by atoms with E-state index in [1.807, 2.05) is 11.4 Å². The van der Waals surface area contributed by atoms with Crippen LogP contribution in [0.3, 0.4) is 0 Å². The molecule has 2 N–H and O–H groups in total. The van der Waals surface area contributed by atoms with Crippen molar-refractivity contribution >= 4 is 23.3 Å². The second kappa shape index (κ2) is 7.44. The molecule has 0 aliphatic carbocycles. The first kappa shape index (κ1) is 16.4. The van der Waals surface area contributed by atoms with Crippen LogP contribution in [0.15, 0.2) is 41.1 Å². The number of urea groups is 1. The van der Waals surface area contributed by atoms with E-state index in [4.69, 9.17) is 0 Å². The largest absolute Gasteiger partial charge is 0.350 e. The Kier molecular flexibility index (Phi) is 5.10. The highest BCUT2D eigenvalue weighted by atomic mass is 32.1. The van der Waals surface area contributed by atoms with Crippen LogP contribution in [0.2, 0.25) is 0 Å². The Morgan fingerprint density at radius 2 is 2.29 bits per heavy atom. The molecule has 7 heteroatoms. The zero-order valence-corrected chi connectivity index (χ0v) is 13.8. The van der Waals surface area contributed by atoms with E-state index in [1.54, 1.807) is 22.4 Å². The third-order valence-electron chi connectivity index (χ3n) is 3.97. The van der Waals surface area contributed by atoms with Gasteiger partial charge in [0.1, 0.15) is 5.82 Å². The molecule has 0 bridgehead atoms. The predicted molar refractivity (Wildman–Crippen MR) is 90.6 cm³/mol. The number of halogens is 1. The molecule has 3 amide bonds. The van der Waals surface area contributed by atoms with E-state index in [-0.39, 0.29) is 23.8 Å². The molecular formula is C17H18FN3O2S. The van der Waals surface area contributed by atoms with E-state index < -0.39 is 0 Å². The van der Waals surface area contributed by atoms with Crippen LogP contribution < -0.4 is 10.6 Å². The van der Waals surface area contributed by atoms with Crippen LogP contribution in [0.1, 0.15) is 15.9 Å². The molecule has 0 spiro atoms. The quantitative estimate of drug-likeness (QED) is 0.842. The van der Waals surface area contributed by atoms with E-state index in [1.165, 1.54) is 23.5 Å². The number of nitrogens with zero attached hydrogens (tertiary/aromatic N) is 1. The van der Waals surface area contributed by atoms with E-state index in [0.29, 0.717) is 31.6 Å². The number of carbonyl (C=O) groups is 2. The normalized spacial score (nSPS) is 15.2. The number of hydrogen-bond donors (Lipinski definition) is 2. The third kappa shape index (κ3) is 3.91. The summed E-state index contributed by atoms with van der Waals surface area (Å²) in [5.41, 5.74) is 1.40. The maximum atomic E-state index is 13.4. The van der Waals surface area contributed by atoms with E-state index in [9.17, 15) is 14.0 Å². The SMILES string of the molecule is O=C(NC[C@@H](Cc1cccc(F)c1)N1CCNC1=O)c1ccsc1. The number of amides is 3. The van der Waals surface area contributed by atoms with Crippen molar-refractivity contribution in [2.45, 2.75) is 12.5 Å². The van der Waals surface area contributed by atoms with Crippen LogP contribution >= 0.6 is 11.3 Å². The third-order valence-corrected chi connectivity index (χ3v) is 4.66. The summed E-state index contributed by atoms with van der Waals surface area (Å²) in [5.74, 6) is -0.473. The number of hydrogen-bond acceptors (Lipinski definition) is 3. The summed E-state index contributed by atoms with van der Waals surface area (Å²) in [7, 11) is 0. The molecule has 126 valence electrons. The van der Waals surface area contributed by atoms with Crippen molar-refractivity contribution < 1.29 is 14.0 Å². The maximum absolute atomic E-state index is 13.4. The smallest absolute Gasteiger partial charge is 0.317 e. The molecular weight excluding hydrogens is 329 g/mol. The van der Waals surface area contributed by atoms with Crippen molar-refractivity contribution in [3.05, 3.63) is 58.0 Å². The topological polar surface area (TPSA) is 61.4 Å². The first-order chi connectivity index (χ1) is 11.6. The van der Waals surface area contributed by atoms with Gasteiger partial charge in [-0.05, 0) is 35.6 Å². The molecule has 1 aromatic heterocycles. The van der Waals surface area contributed by atoms with Crippen LogP contribution in [0, 0.1) is 5.82 Å². The molecule has 2 aromatic rings. The van der Waals surface area contributed by atoms with Crippen LogP contribution in [-0.2, 0) is 6.42 Å². The van der Waals surface area contributed by atoms with Crippen LogP contribution in [0.25, 0.3) is 0 Å². The van der Waals surface area contributed by atoms with Gasteiger partial charge in [0.05, 0.1) is 6.04 Å². The highest BCUT2D eigenvalue weighted by Crippen LogP contribution is 2.13. The second-order valence-electron chi connectivity index (χ2n) is 5.64. The average molecular weight is 347 g/mol. The molecule has 1 aliphatic heterocycles. The molecule has 1 atom stereocenters. The Labute approximate surface area is 143 Å². The summed E-state index contributed by atoms with van der Waals surface area (Å²) < 4.78 is 13.4. The molecule has 3 rings (SSSR count). The lowest BCUT2D eigenvalue weighted by Crippen LogP contribution is -2.46. The van der Waals surface area contributed by atoms with Gasteiger partial charge >= 0.3 is 6.03 Å². The zero-order chi connectivity index (χ0) is 16.9. The molecule has 0 saturated carbocycles. The lowest BCUT2D eigenvalue weighted by atomic mass is 10.0. The van der Waals surface area contributed by atoms with Crippen molar-refractivity contribution in [2.24, 2.45) is 0 Å². The lowest BCUT2D eigenvalue weighted by Gasteiger charge is -2.27. The highest BCUT2D eigenvalue weighted by Gasteiger charge is 2.28. The van der Waals surface area contributed by atoms with Gasteiger partial charge < -0.3 is 15.5 Å². The van der Waals surface area contributed by atoms with Crippen molar-refractivity contribution in [3.8, 4) is 0 Å². The number of rotatable bonds is 6. The Balaban J connectivity index is 1.70. The summed E-state index contributed by atoms with van der Waals surface area (Å²) in [5, 5.41) is 9.25. The van der Waals surface area contributed by atoms with Crippen molar-refractivity contribution in [2.75, 3.05) is 19.6 Å². The minimum absolute atomic E-state index is 0.152. The van der Waals surface area contributed by atoms with Crippen LogP contribution in [0.5, 0.6) is 0 Å². The maximum Gasteiger partial charge on any atom is 0.317 e. The van der Waals surface area contributed by atoms with Gasteiger partial charge in [0, 0.05) is 30.6 Å². The highest BCUT2D eigenvalue weighted by molar-refractivity contribution is 7.08. The molecule has 1 saturated heterocycles. The molecule has 24 heavy (non-hydrogen) atoms. The lowest BCUT2D eigenvalue weighted by molar-refractivity contribution is 0.0940. The summed E-state index contributed by atoms with van der Waals surface area (Å²) in [4.78, 5) is 25.8. The average Bonchev–Trinajstić information content (AvgIpc) is 3.23. The predicted octanol–water partition coefficient (Wildman–Crippen LogP) is 2.25. The van der Waals surface area contributed by atoms with Gasteiger partial charge in [-0.1, -0.05) is 12.1 Å². The fourth-order valence-corrected chi connectivity index (χ4v) is 3.41. The van der Waals surface area contributed by atoms with Gasteiger partial charge in [0.2, 0.25) is 0 Å². The Morgan fingerprint density at radius 1 is 1.42 bits per heavy atom. The molecule has 0 unspecified atom stereocenters. The van der Waals surface area contributed by atoms with Crippen LogP contribution in [0.4, 0.5) is 9.18 Å². The van der Waals surface area contributed by atoms with Crippen molar-refractivity contribution in [3.63, 3.8) is 0 Å². The zero-order valence-electron chi connectivity index (χ0n) is 13.0.